The lowest BCUT2D eigenvalue weighted by atomic mass is 9.95. The molecule has 1 fully saturated rings. The first-order valence-electron chi connectivity index (χ1n) is 6.56. The van der Waals surface area contributed by atoms with Gasteiger partial charge in [-0.15, -0.1) is 3.89 Å². The van der Waals surface area contributed by atoms with Crippen LogP contribution in [0, 0.1) is 5.92 Å². The number of alkyl carbamates (subject to hydrolysis) is 1. The first-order valence-corrected chi connectivity index (χ1v) is 8.12. The van der Waals surface area contributed by atoms with Crippen molar-refractivity contribution in [3.8, 4) is 0 Å². The normalized spacial score (nSPS) is 22.1. The molecule has 1 N–H and O–H groups in total. The fourth-order valence-corrected chi connectivity index (χ4v) is 2.84. The average Bonchev–Trinajstić information content (AvgIpc) is 2.25. The second-order valence-corrected chi connectivity index (χ2v) is 7.35. The molecule has 2 atom stereocenters. The van der Waals surface area contributed by atoms with Gasteiger partial charge in [0.25, 0.3) is 0 Å². The van der Waals surface area contributed by atoms with E-state index in [0.717, 1.165) is 6.42 Å². The summed E-state index contributed by atoms with van der Waals surface area (Å²) in [4.78, 5) is 11.7. The van der Waals surface area contributed by atoms with Crippen LogP contribution in [0.2, 0.25) is 0 Å². The zero-order valence-corrected chi connectivity index (χ0v) is 12.8. The number of ether oxygens (including phenoxy) is 2. The minimum Gasteiger partial charge on any atom is -0.444 e. The van der Waals surface area contributed by atoms with Crippen LogP contribution in [0.3, 0.4) is 0 Å². The van der Waals surface area contributed by atoms with Crippen molar-refractivity contribution >= 4 is 16.3 Å². The number of carbonyl (C=O) groups is 1. The van der Waals surface area contributed by atoms with Gasteiger partial charge in [-0.2, -0.15) is 8.42 Å². The Balaban J connectivity index is 2.69. The summed E-state index contributed by atoms with van der Waals surface area (Å²) in [6.45, 7) is 5.97. The Morgan fingerprint density at radius 2 is 2.15 bits per heavy atom. The third kappa shape index (κ3) is 7.04. The summed E-state index contributed by atoms with van der Waals surface area (Å²) in [6, 6.07) is -0.847. The molecular formula is C12H22FNO5S. The van der Waals surface area contributed by atoms with Crippen LogP contribution < -0.4 is 5.32 Å². The van der Waals surface area contributed by atoms with E-state index in [1.807, 2.05) is 0 Å². The molecule has 1 heterocycles. The Bertz CT molecular complexity index is 426. The van der Waals surface area contributed by atoms with Gasteiger partial charge in [0.05, 0.1) is 12.6 Å². The van der Waals surface area contributed by atoms with E-state index in [0.29, 0.717) is 19.6 Å². The lowest BCUT2D eigenvalue weighted by molar-refractivity contribution is 0.0295. The average molecular weight is 311 g/mol. The van der Waals surface area contributed by atoms with E-state index in [2.05, 4.69) is 5.32 Å². The van der Waals surface area contributed by atoms with Gasteiger partial charge in [0.15, 0.2) is 0 Å². The van der Waals surface area contributed by atoms with Gasteiger partial charge < -0.3 is 14.8 Å². The maximum atomic E-state index is 12.9. The van der Waals surface area contributed by atoms with E-state index in [9.17, 15) is 17.1 Å². The first kappa shape index (κ1) is 17.2. The summed E-state index contributed by atoms with van der Waals surface area (Å²) in [7, 11) is -4.69. The molecule has 0 saturated carbocycles. The second-order valence-electron chi connectivity index (χ2n) is 5.94. The summed E-state index contributed by atoms with van der Waals surface area (Å²) in [5.41, 5.74) is -0.702. The summed E-state index contributed by atoms with van der Waals surface area (Å²) in [6.07, 6.45) is 0.677. The molecular weight excluding hydrogens is 289 g/mol. The highest BCUT2D eigenvalue weighted by molar-refractivity contribution is 7.86. The second kappa shape index (κ2) is 6.71. The van der Waals surface area contributed by atoms with Crippen LogP contribution in [-0.2, 0) is 19.7 Å². The summed E-state index contributed by atoms with van der Waals surface area (Å²) in [5, 5.41) is 2.44. The Labute approximate surface area is 119 Å². The maximum Gasteiger partial charge on any atom is 0.407 e. The topological polar surface area (TPSA) is 81.7 Å². The minimum atomic E-state index is -4.69. The van der Waals surface area contributed by atoms with E-state index in [1.54, 1.807) is 20.8 Å². The number of rotatable bonds is 4. The molecule has 118 valence electrons. The van der Waals surface area contributed by atoms with Crippen LogP contribution >= 0.6 is 0 Å². The minimum absolute atomic E-state index is 0.234. The molecule has 2 unspecified atom stereocenters. The molecule has 20 heavy (non-hydrogen) atoms. The Morgan fingerprint density at radius 3 is 2.60 bits per heavy atom. The van der Waals surface area contributed by atoms with Gasteiger partial charge >= 0.3 is 16.3 Å². The van der Waals surface area contributed by atoms with Crippen LogP contribution in [0.15, 0.2) is 0 Å². The number of halogens is 1. The molecule has 1 rings (SSSR count). The van der Waals surface area contributed by atoms with Crippen LogP contribution in [0.5, 0.6) is 0 Å². The molecule has 0 aliphatic carbocycles. The van der Waals surface area contributed by atoms with E-state index in [1.165, 1.54) is 0 Å². The highest BCUT2D eigenvalue weighted by Gasteiger charge is 2.31. The molecule has 0 aromatic heterocycles. The van der Waals surface area contributed by atoms with Gasteiger partial charge in [-0.05, 0) is 33.6 Å². The predicted molar refractivity (Wildman–Crippen MR) is 71.6 cm³/mol. The van der Waals surface area contributed by atoms with Gasteiger partial charge in [0, 0.05) is 12.5 Å². The standard InChI is InChI=1S/C12H22FNO5S/c1-12(2,3)19-11(15)14-10(8-20(13,16)17)9-5-4-6-18-7-9/h9-10H,4-8H2,1-3H3,(H,14,15). The number of nitrogens with one attached hydrogen (secondary N) is 1. The van der Waals surface area contributed by atoms with Crippen molar-refractivity contribution in [2.75, 3.05) is 19.0 Å². The van der Waals surface area contributed by atoms with Crippen LogP contribution in [-0.4, -0.2) is 45.1 Å². The predicted octanol–water partition coefficient (Wildman–Crippen LogP) is 1.61. The molecule has 0 aromatic carbocycles. The van der Waals surface area contributed by atoms with Gasteiger partial charge in [0.1, 0.15) is 11.4 Å². The molecule has 0 spiro atoms. The van der Waals surface area contributed by atoms with Crippen molar-refractivity contribution in [1.82, 2.24) is 5.32 Å². The third-order valence-corrected chi connectivity index (χ3v) is 3.60. The lowest BCUT2D eigenvalue weighted by Gasteiger charge is -2.30. The third-order valence-electron chi connectivity index (χ3n) is 2.85. The van der Waals surface area contributed by atoms with E-state index >= 15 is 0 Å². The lowest BCUT2D eigenvalue weighted by Crippen LogP contribution is -2.48. The van der Waals surface area contributed by atoms with Crippen molar-refractivity contribution in [1.29, 1.82) is 0 Å². The van der Waals surface area contributed by atoms with Gasteiger partial charge in [-0.25, -0.2) is 4.79 Å². The van der Waals surface area contributed by atoms with E-state index in [-0.39, 0.29) is 5.92 Å². The Kier molecular flexibility index (Phi) is 5.76. The zero-order chi connectivity index (χ0) is 15.4. The Morgan fingerprint density at radius 1 is 1.50 bits per heavy atom. The SMILES string of the molecule is CC(C)(C)OC(=O)NC(CS(=O)(=O)F)C1CCCOC1. The molecule has 1 aliphatic heterocycles. The largest absolute Gasteiger partial charge is 0.444 e. The smallest absolute Gasteiger partial charge is 0.407 e. The van der Waals surface area contributed by atoms with Crippen LogP contribution in [0.4, 0.5) is 8.68 Å². The summed E-state index contributed by atoms with van der Waals surface area (Å²) in [5.74, 6) is -0.998. The van der Waals surface area contributed by atoms with Gasteiger partial charge in [-0.1, -0.05) is 0 Å². The Hall–Kier alpha value is -0.890. The summed E-state index contributed by atoms with van der Waals surface area (Å²) < 4.78 is 44.9. The molecule has 1 amide bonds. The van der Waals surface area contributed by atoms with E-state index in [4.69, 9.17) is 9.47 Å². The molecule has 8 heteroatoms. The summed E-state index contributed by atoms with van der Waals surface area (Å²) >= 11 is 0. The monoisotopic (exact) mass is 311 g/mol. The maximum absolute atomic E-state index is 12.9. The fraction of sp³-hybridized carbons (Fsp3) is 0.917. The van der Waals surface area contributed by atoms with Crippen molar-refractivity contribution in [2.45, 2.75) is 45.3 Å². The highest BCUT2D eigenvalue weighted by Crippen LogP contribution is 2.20. The molecule has 0 bridgehead atoms. The van der Waals surface area contributed by atoms with E-state index < -0.39 is 33.7 Å². The molecule has 0 radical (unpaired) electrons. The number of hydrogen-bond donors (Lipinski definition) is 1. The first-order chi connectivity index (χ1) is 9.07. The molecule has 0 aromatic rings. The van der Waals surface area contributed by atoms with Crippen molar-refractivity contribution in [3.05, 3.63) is 0 Å². The van der Waals surface area contributed by atoms with Crippen LogP contribution in [0.25, 0.3) is 0 Å². The van der Waals surface area contributed by atoms with Crippen molar-refractivity contribution < 1.29 is 26.6 Å². The highest BCUT2D eigenvalue weighted by atomic mass is 32.3. The number of carbonyl (C=O) groups excluding carboxylic acids is 1. The molecule has 6 nitrogen and oxygen atoms in total. The molecule has 1 saturated heterocycles. The van der Waals surface area contributed by atoms with Crippen molar-refractivity contribution in [2.24, 2.45) is 5.92 Å². The fourth-order valence-electron chi connectivity index (χ4n) is 2.05. The van der Waals surface area contributed by atoms with Crippen LogP contribution in [0.1, 0.15) is 33.6 Å². The molecule has 1 aliphatic rings. The van der Waals surface area contributed by atoms with Gasteiger partial charge in [0.2, 0.25) is 0 Å². The zero-order valence-electron chi connectivity index (χ0n) is 12.0. The van der Waals surface area contributed by atoms with Gasteiger partial charge in [-0.3, -0.25) is 0 Å². The number of amides is 1. The van der Waals surface area contributed by atoms with Crippen molar-refractivity contribution in [3.63, 3.8) is 0 Å². The number of hydrogen-bond acceptors (Lipinski definition) is 5. The quantitative estimate of drug-likeness (QED) is 0.798.